The number of rotatable bonds is 4. The molecule has 0 unspecified atom stereocenters. The monoisotopic (exact) mass is 408 g/mol. The summed E-state index contributed by atoms with van der Waals surface area (Å²) in [5.74, 6) is -0.174. The molecule has 25 heavy (non-hydrogen) atoms. The molecule has 1 aromatic rings. The normalized spacial score (nSPS) is 19.2. The number of hydrogen-bond donors (Lipinski definition) is 0. The molecule has 0 amide bonds. The van der Waals surface area contributed by atoms with E-state index in [2.05, 4.69) is 25.8 Å². The van der Waals surface area contributed by atoms with E-state index in [4.69, 9.17) is 4.74 Å². The van der Waals surface area contributed by atoms with Gasteiger partial charge in [0.1, 0.15) is 0 Å². The van der Waals surface area contributed by atoms with Crippen LogP contribution in [0.3, 0.4) is 0 Å². The van der Waals surface area contributed by atoms with Crippen molar-refractivity contribution in [2.45, 2.75) is 72.3 Å². The molecule has 2 heterocycles. The summed E-state index contributed by atoms with van der Waals surface area (Å²) in [5, 5.41) is 0. The van der Waals surface area contributed by atoms with Gasteiger partial charge in [0, 0.05) is 24.3 Å². The zero-order chi connectivity index (χ0) is 18.2. The third-order valence-corrected chi connectivity index (χ3v) is 6.64. The topological polar surface area (TPSA) is 42.4 Å². The first kappa shape index (κ1) is 18.7. The molecule has 4 nitrogen and oxygen atoms in total. The van der Waals surface area contributed by atoms with E-state index in [-0.39, 0.29) is 18.5 Å². The minimum absolute atomic E-state index is 0.0911. The van der Waals surface area contributed by atoms with E-state index in [9.17, 15) is 4.79 Å². The van der Waals surface area contributed by atoms with E-state index in [1.54, 1.807) is 0 Å². The van der Waals surface area contributed by atoms with Crippen LogP contribution >= 0.6 is 15.9 Å². The summed E-state index contributed by atoms with van der Waals surface area (Å²) in [5.41, 5.74) is 4.58. The molecule has 2 fully saturated rings. The van der Waals surface area contributed by atoms with Crippen molar-refractivity contribution >= 4 is 27.6 Å². The van der Waals surface area contributed by atoms with E-state index >= 15 is 0 Å². The lowest BCUT2D eigenvalue weighted by molar-refractivity contribution is -0.146. The minimum atomic E-state index is -0.174. The van der Waals surface area contributed by atoms with Crippen LogP contribution in [0.15, 0.2) is 4.47 Å². The van der Waals surface area contributed by atoms with Crippen molar-refractivity contribution in [2.75, 3.05) is 18.0 Å². The number of carbonyl (C=O) groups is 1. The smallest absolute Gasteiger partial charge is 0.310 e. The summed E-state index contributed by atoms with van der Waals surface area (Å²) in [7, 11) is 0. The molecule has 1 aliphatic carbocycles. The average Bonchev–Trinajstić information content (AvgIpc) is 3.15. The fourth-order valence-electron chi connectivity index (χ4n) is 4.49. The van der Waals surface area contributed by atoms with Crippen LogP contribution in [0.1, 0.15) is 62.9 Å². The van der Waals surface area contributed by atoms with Crippen LogP contribution in [-0.4, -0.2) is 30.1 Å². The molecule has 1 saturated carbocycles. The molecule has 138 valence electrons. The maximum absolute atomic E-state index is 12.3. The van der Waals surface area contributed by atoms with Gasteiger partial charge in [-0.25, -0.2) is 0 Å². The fraction of sp³-hybridized carbons (Fsp3) is 0.700. The van der Waals surface area contributed by atoms with Gasteiger partial charge in [-0.2, -0.15) is 0 Å². The maximum atomic E-state index is 12.3. The number of halogens is 1. The number of hydrogen-bond acceptors (Lipinski definition) is 4. The van der Waals surface area contributed by atoms with Gasteiger partial charge in [-0.3, -0.25) is 9.78 Å². The van der Waals surface area contributed by atoms with Crippen molar-refractivity contribution in [3.05, 3.63) is 21.4 Å². The predicted octanol–water partition coefficient (Wildman–Crippen LogP) is 4.73. The third-order valence-electron chi connectivity index (χ3n) is 5.69. The van der Waals surface area contributed by atoms with Gasteiger partial charge in [0.15, 0.2) is 0 Å². The number of esters is 1. The Morgan fingerprint density at radius 3 is 2.56 bits per heavy atom. The van der Waals surface area contributed by atoms with Crippen molar-refractivity contribution in [3.8, 4) is 0 Å². The summed E-state index contributed by atoms with van der Waals surface area (Å²) in [6.07, 6.45) is 6.86. The molecule has 2 aliphatic rings. The molecule has 1 spiro atoms. The summed E-state index contributed by atoms with van der Waals surface area (Å²) < 4.78 is 6.42. The lowest BCUT2D eigenvalue weighted by atomic mass is 9.86. The van der Waals surface area contributed by atoms with Crippen molar-refractivity contribution in [1.82, 2.24) is 4.98 Å². The van der Waals surface area contributed by atoms with E-state index in [0.717, 1.165) is 40.2 Å². The molecular weight excluding hydrogens is 380 g/mol. The van der Waals surface area contributed by atoms with Gasteiger partial charge in [-0.05, 0) is 68.3 Å². The molecule has 1 aromatic heterocycles. The first-order chi connectivity index (χ1) is 11.8. The van der Waals surface area contributed by atoms with Crippen LogP contribution in [0, 0.1) is 19.3 Å². The number of nitrogens with zero attached hydrogens (tertiary/aromatic N) is 2. The maximum Gasteiger partial charge on any atom is 0.310 e. The lowest BCUT2D eigenvalue weighted by Gasteiger charge is -2.28. The van der Waals surface area contributed by atoms with Crippen molar-refractivity contribution in [1.29, 1.82) is 0 Å². The number of aryl methyl sites for hydroxylation is 2. The first-order valence-corrected chi connectivity index (χ1v) is 10.2. The predicted molar refractivity (Wildman–Crippen MR) is 104 cm³/mol. The Hall–Kier alpha value is -1.10. The van der Waals surface area contributed by atoms with Crippen LogP contribution in [0.5, 0.6) is 0 Å². The zero-order valence-electron chi connectivity index (χ0n) is 15.8. The second kappa shape index (κ2) is 7.26. The number of pyridine rings is 1. The molecule has 0 aromatic carbocycles. The van der Waals surface area contributed by atoms with Gasteiger partial charge in [0.2, 0.25) is 0 Å². The Bertz CT molecular complexity index is 666. The van der Waals surface area contributed by atoms with E-state index in [1.807, 2.05) is 27.7 Å². The van der Waals surface area contributed by atoms with Gasteiger partial charge in [-0.15, -0.1) is 0 Å². The Morgan fingerprint density at radius 2 is 1.92 bits per heavy atom. The SMILES string of the molecule is Cc1nc(C)c(CC(=O)OC(C)C)c(N2CCC3(CCCC3)C2)c1Br. The van der Waals surface area contributed by atoms with Crippen LogP contribution in [0.2, 0.25) is 0 Å². The second-order valence-corrected chi connectivity index (χ2v) is 8.81. The number of anilines is 1. The lowest BCUT2D eigenvalue weighted by Crippen LogP contribution is -2.27. The molecule has 1 saturated heterocycles. The van der Waals surface area contributed by atoms with Crippen molar-refractivity contribution in [3.63, 3.8) is 0 Å². The zero-order valence-corrected chi connectivity index (χ0v) is 17.4. The molecule has 1 aliphatic heterocycles. The Kier molecular flexibility index (Phi) is 5.42. The van der Waals surface area contributed by atoms with E-state index < -0.39 is 0 Å². The Balaban J connectivity index is 1.93. The van der Waals surface area contributed by atoms with Crippen molar-refractivity contribution in [2.24, 2.45) is 5.41 Å². The molecule has 5 heteroatoms. The summed E-state index contributed by atoms with van der Waals surface area (Å²) in [6, 6.07) is 0. The van der Waals surface area contributed by atoms with Crippen LogP contribution in [-0.2, 0) is 16.0 Å². The standard InChI is InChI=1S/C20H29BrN2O2/c1-13(2)25-17(24)11-16-14(3)22-15(4)18(21)19(16)23-10-9-20(12-23)7-5-6-8-20/h13H,5-12H2,1-4H3. The summed E-state index contributed by atoms with van der Waals surface area (Å²) in [4.78, 5) is 19.4. The molecule has 0 N–H and O–H groups in total. The molecule has 0 atom stereocenters. The van der Waals surface area contributed by atoms with Gasteiger partial charge < -0.3 is 9.64 Å². The molecule has 3 rings (SSSR count). The van der Waals surface area contributed by atoms with Gasteiger partial charge in [0.25, 0.3) is 0 Å². The highest BCUT2D eigenvalue weighted by atomic mass is 79.9. The molecular formula is C20H29BrN2O2. The van der Waals surface area contributed by atoms with Gasteiger partial charge >= 0.3 is 5.97 Å². The number of carbonyl (C=O) groups excluding carboxylic acids is 1. The average molecular weight is 409 g/mol. The summed E-state index contributed by atoms with van der Waals surface area (Å²) in [6.45, 7) is 9.97. The highest BCUT2D eigenvalue weighted by Gasteiger charge is 2.41. The van der Waals surface area contributed by atoms with E-state index in [0.29, 0.717) is 5.41 Å². The highest BCUT2D eigenvalue weighted by molar-refractivity contribution is 9.10. The largest absolute Gasteiger partial charge is 0.463 e. The third kappa shape index (κ3) is 3.86. The van der Waals surface area contributed by atoms with Gasteiger partial charge in [0.05, 0.1) is 28.4 Å². The van der Waals surface area contributed by atoms with Crippen LogP contribution in [0.4, 0.5) is 5.69 Å². The molecule has 0 bridgehead atoms. The van der Waals surface area contributed by atoms with Crippen molar-refractivity contribution < 1.29 is 9.53 Å². The Labute approximate surface area is 159 Å². The second-order valence-electron chi connectivity index (χ2n) is 8.02. The fourth-order valence-corrected chi connectivity index (χ4v) is 5.07. The Morgan fingerprint density at radius 1 is 1.24 bits per heavy atom. The number of ether oxygens (including phenoxy) is 1. The summed E-state index contributed by atoms with van der Waals surface area (Å²) >= 11 is 3.76. The highest BCUT2D eigenvalue weighted by Crippen LogP contribution is 2.48. The number of aromatic nitrogens is 1. The minimum Gasteiger partial charge on any atom is -0.463 e. The van der Waals surface area contributed by atoms with Gasteiger partial charge in [-0.1, -0.05) is 12.8 Å². The molecule has 0 radical (unpaired) electrons. The van der Waals surface area contributed by atoms with Crippen LogP contribution < -0.4 is 4.90 Å². The quantitative estimate of drug-likeness (QED) is 0.675. The van der Waals surface area contributed by atoms with E-state index in [1.165, 1.54) is 32.1 Å². The first-order valence-electron chi connectivity index (χ1n) is 9.41. The van der Waals surface area contributed by atoms with Crippen LogP contribution in [0.25, 0.3) is 0 Å².